The highest BCUT2D eigenvalue weighted by atomic mass is 16.5. The van der Waals surface area contributed by atoms with Crippen LogP contribution in [0.2, 0.25) is 0 Å². The van der Waals surface area contributed by atoms with Gasteiger partial charge >= 0.3 is 11.9 Å². The van der Waals surface area contributed by atoms with E-state index in [0.29, 0.717) is 11.4 Å². The minimum atomic E-state index is -0.393. The molecule has 0 saturated carbocycles. The molecule has 2 aromatic heterocycles. The molecule has 0 fully saturated rings. The summed E-state index contributed by atoms with van der Waals surface area (Å²) in [5.41, 5.74) is 10.5. The summed E-state index contributed by atoms with van der Waals surface area (Å²) in [6, 6.07) is 27.5. The van der Waals surface area contributed by atoms with E-state index in [1.54, 1.807) is 0 Å². The van der Waals surface area contributed by atoms with Crippen molar-refractivity contribution in [2.45, 2.75) is 39.9 Å². The highest BCUT2D eigenvalue weighted by Crippen LogP contribution is 2.50. The van der Waals surface area contributed by atoms with Crippen molar-refractivity contribution in [2.75, 3.05) is 0 Å². The fourth-order valence-electron chi connectivity index (χ4n) is 5.61. The van der Waals surface area contributed by atoms with Crippen molar-refractivity contribution >= 4 is 11.9 Å². The predicted molar refractivity (Wildman–Crippen MR) is 153 cm³/mol. The second-order valence-corrected chi connectivity index (χ2v) is 10.2. The molecule has 6 rings (SSSR count). The first-order valence-corrected chi connectivity index (χ1v) is 13.4. The number of fused-ring (bicyclic) bond motifs is 3. The Labute approximate surface area is 233 Å². The topological polar surface area (TPSA) is 84.2 Å². The van der Waals surface area contributed by atoms with Crippen molar-refractivity contribution < 1.29 is 19.1 Å². The van der Waals surface area contributed by atoms with Crippen LogP contribution in [0, 0.1) is 20.8 Å². The van der Waals surface area contributed by atoms with E-state index < -0.39 is 11.9 Å². The third kappa shape index (κ3) is 4.41. The number of hydrogen-bond donors (Lipinski definition) is 2. The summed E-state index contributed by atoms with van der Waals surface area (Å²) in [4.78, 5) is 33.1. The number of H-pyrrole nitrogens is 2. The van der Waals surface area contributed by atoms with E-state index in [0.717, 1.165) is 55.9 Å². The molecule has 1 aliphatic rings. The molecule has 2 N–H and O–H groups in total. The van der Waals surface area contributed by atoms with E-state index in [1.807, 2.05) is 93.6 Å². The van der Waals surface area contributed by atoms with Crippen LogP contribution in [0.5, 0.6) is 0 Å². The van der Waals surface area contributed by atoms with E-state index in [4.69, 9.17) is 9.47 Å². The van der Waals surface area contributed by atoms with Crippen molar-refractivity contribution in [3.63, 3.8) is 0 Å². The first-order valence-electron chi connectivity index (χ1n) is 13.4. The summed E-state index contributed by atoms with van der Waals surface area (Å²) in [7, 11) is 0. The van der Waals surface area contributed by atoms with E-state index in [1.165, 1.54) is 0 Å². The fraction of sp³-hybridized carbons (Fsp3) is 0.176. The van der Waals surface area contributed by atoms with Gasteiger partial charge in [0.1, 0.15) is 24.6 Å². The van der Waals surface area contributed by atoms with Crippen LogP contribution in [0.3, 0.4) is 0 Å². The standard InChI is InChI=1S/C34H30N2O4/c1-20-21(2)30(33(37)39-18-23-12-6-4-7-13-23)35-29(20)28-26-17-11-10-16-25(26)27-22(3)31(36-32(27)28)34(38)40-19-24-14-8-5-9-15-24/h4-17,28,35-36H,18-19H2,1-3H3. The zero-order valence-electron chi connectivity index (χ0n) is 22.7. The van der Waals surface area contributed by atoms with Gasteiger partial charge < -0.3 is 19.4 Å². The number of ether oxygens (including phenoxy) is 2. The van der Waals surface area contributed by atoms with Gasteiger partial charge in [-0.1, -0.05) is 84.9 Å². The molecule has 6 nitrogen and oxygen atoms in total. The molecular weight excluding hydrogens is 500 g/mol. The number of esters is 2. The van der Waals surface area contributed by atoms with Crippen molar-refractivity contribution in [3.05, 3.63) is 141 Å². The van der Waals surface area contributed by atoms with Gasteiger partial charge in [-0.05, 0) is 59.7 Å². The summed E-state index contributed by atoms with van der Waals surface area (Å²) >= 11 is 0. The number of benzene rings is 3. The Morgan fingerprint density at radius 2 is 1.12 bits per heavy atom. The number of carbonyl (C=O) groups is 2. The lowest BCUT2D eigenvalue weighted by Crippen LogP contribution is -2.10. The molecule has 1 aliphatic carbocycles. The lowest BCUT2D eigenvalue weighted by molar-refractivity contribution is 0.0457. The average molecular weight is 531 g/mol. The smallest absolute Gasteiger partial charge is 0.355 e. The van der Waals surface area contributed by atoms with E-state index >= 15 is 0 Å². The maximum Gasteiger partial charge on any atom is 0.355 e. The molecule has 0 saturated heterocycles. The number of rotatable bonds is 7. The molecule has 200 valence electrons. The van der Waals surface area contributed by atoms with Crippen LogP contribution in [0.4, 0.5) is 0 Å². The van der Waals surface area contributed by atoms with Crippen LogP contribution < -0.4 is 0 Å². The summed E-state index contributed by atoms with van der Waals surface area (Å²) in [6.45, 7) is 6.30. The molecule has 1 unspecified atom stereocenters. The third-order valence-electron chi connectivity index (χ3n) is 7.83. The van der Waals surface area contributed by atoms with Gasteiger partial charge in [-0.3, -0.25) is 0 Å². The molecule has 1 atom stereocenters. The number of nitrogens with one attached hydrogen (secondary N) is 2. The number of aromatic nitrogens is 2. The minimum Gasteiger partial charge on any atom is -0.456 e. The SMILES string of the molecule is Cc1c(C(=O)OCc2ccccc2)[nH]c(C2c3ccccc3-c3c2[nH]c(C(=O)OCc2ccccc2)c3C)c1C. The highest BCUT2D eigenvalue weighted by Gasteiger charge is 2.38. The largest absolute Gasteiger partial charge is 0.456 e. The molecule has 2 heterocycles. The number of hydrogen-bond acceptors (Lipinski definition) is 4. The van der Waals surface area contributed by atoms with Gasteiger partial charge in [-0.15, -0.1) is 0 Å². The molecule has 5 aromatic rings. The lowest BCUT2D eigenvalue weighted by atomic mass is 9.93. The molecule has 0 bridgehead atoms. The number of aromatic amines is 2. The zero-order chi connectivity index (χ0) is 27.8. The van der Waals surface area contributed by atoms with Crippen molar-refractivity contribution in [1.29, 1.82) is 0 Å². The molecule has 3 aromatic carbocycles. The van der Waals surface area contributed by atoms with Crippen LogP contribution in [-0.2, 0) is 22.7 Å². The van der Waals surface area contributed by atoms with Gasteiger partial charge in [0, 0.05) is 17.0 Å². The molecule has 6 heteroatoms. The minimum absolute atomic E-state index is 0.199. The van der Waals surface area contributed by atoms with Gasteiger partial charge in [0.15, 0.2) is 0 Å². The first kappa shape index (κ1) is 25.4. The Bertz CT molecular complexity index is 1710. The van der Waals surface area contributed by atoms with Crippen LogP contribution in [0.15, 0.2) is 84.9 Å². The van der Waals surface area contributed by atoms with Crippen LogP contribution in [0.1, 0.15) is 71.7 Å². The Kier molecular flexibility index (Phi) is 6.60. The molecule has 0 amide bonds. The van der Waals surface area contributed by atoms with E-state index in [-0.39, 0.29) is 19.1 Å². The zero-order valence-corrected chi connectivity index (χ0v) is 22.7. The Hall–Kier alpha value is -4.84. The molecular formula is C34H30N2O4. The quantitative estimate of drug-likeness (QED) is 0.215. The second kappa shape index (κ2) is 10.4. The van der Waals surface area contributed by atoms with Gasteiger partial charge in [0.25, 0.3) is 0 Å². The highest BCUT2D eigenvalue weighted by molar-refractivity contribution is 5.95. The summed E-state index contributed by atoms with van der Waals surface area (Å²) in [6.07, 6.45) is 0. The maximum atomic E-state index is 13.2. The molecule has 0 spiro atoms. The Morgan fingerprint density at radius 3 is 1.73 bits per heavy atom. The second-order valence-electron chi connectivity index (χ2n) is 10.2. The van der Waals surface area contributed by atoms with Gasteiger partial charge in [-0.25, -0.2) is 9.59 Å². The summed E-state index contributed by atoms with van der Waals surface area (Å²) in [5.74, 6) is -0.985. The van der Waals surface area contributed by atoms with Crippen LogP contribution in [0.25, 0.3) is 11.1 Å². The molecule has 0 aliphatic heterocycles. The van der Waals surface area contributed by atoms with Crippen molar-refractivity contribution in [1.82, 2.24) is 9.97 Å². The van der Waals surface area contributed by atoms with Gasteiger partial charge in [0.2, 0.25) is 0 Å². The van der Waals surface area contributed by atoms with E-state index in [2.05, 4.69) is 22.1 Å². The van der Waals surface area contributed by atoms with E-state index in [9.17, 15) is 9.59 Å². The van der Waals surface area contributed by atoms with Crippen LogP contribution in [-0.4, -0.2) is 21.9 Å². The summed E-state index contributed by atoms with van der Waals surface area (Å²) in [5, 5.41) is 0. The fourth-order valence-corrected chi connectivity index (χ4v) is 5.61. The Balaban J connectivity index is 1.33. The maximum absolute atomic E-state index is 13.2. The molecule has 40 heavy (non-hydrogen) atoms. The lowest BCUT2D eigenvalue weighted by Gasteiger charge is -2.14. The van der Waals surface area contributed by atoms with Crippen molar-refractivity contribution in [2.24, 2.45) is 0 Å². The Morgan fingerprint density at radius 1 is 0.625 bits per heavy atom. The average Bonchev–Trinajstić information content (AvgIpc) is 3.60. The normalized spacial score (nSPS) is 13.5. The third-order valence-corrected chi connectivity index (χ3v) is 7.83. The van der Waals surface area contributed by atoms with Crippen LogP contribution >= 0.6 is 0 Å². The predicted octanol–water partition coefficient (Wildman–Crippen LogP) is 7.14. The van der Waals surface area contributed by atoms with Gasteiger partial charge in [-0.2, -0.15) is 0 Å². The van der Waals surface area contributed by atoms with Gasteiger partial charge in [0.05, 0.1) is 5.92 Å². The first-order chi connectivity index (χ1) is 19.4. The molecule has 0 radical (unpaired) electrons. The van der Waals surface area contributed by atoms with Crippen molar-refractivity contribution in [3.8, 4) is 11.1 Å². The number of carbonyl (C=O) groups excluding carboxylic acids is 2. The monoisotopic (exact) mass is 530 g/mol. The summed E-state index contributed by atoms with van der Waals surface area (Å²) < 4.78 is 11.3.